The Morgan fingerprint density at radius 3 is 2.57 bits per heavy atom. The summed E-state index contributed by atoms with van der Waals surface area (Å²) >= 11 is 0. The molecule has 1 aliphatic rings. The van der Waals surface area contributed by atoms with Gasteiger partial charge in [0.25, 0.3) is 0 Å². The van der Waals surface area contributed by atoms with Gasteiger partial charge >= 0.3 is 6.09 Å². The van der Waals surface area contributed by atoms with Crippen LogP contribution in [0, 0.1) is 0 Å². The maximum atomic E-state index is 12.1. The number of amides is 1. The van der Waals surface area contributed by atoms with E-state index in [9.17, 15) is 4.79 Å². The second-order valence-corrected chi connectivity index (χ2v) is 5.14. The summed E-state index contributed by atoms with van der Waals surface area (Å²) in [6.07, 6.45) is 1.38. The molecule has 1 atom stereocenters. The predicted molar refractivity (Wildman–Crippen MR) is 80.0 cm³/mol. The highest BCUT2D eigenvalue weighted by Crippen LogP contribution is 2.37. The highest BCUT2D eigenvalue weighted by Gasteiger charge is 2.29. The van der Waals surface area contributed by atoms with Gasteiger partial charge in [-0.05, 0) is 43.0 Å². The molecule has 116 valence electrons. The van der Waals surface area contributed by atoms with Crippen LogP contribution in [-0.2, 0) is 11.2 Å². The first-order valence-corrected chi connectivity index (χ1v) is 7.30. The molecule has 0 spiro atoms. The summed E-state index contributed by atoms with van der Waals surface area (Å²) in [6.45, 7) is 5.11. The van der Waals surface area contributed by atoms with Crippen molar-refractivity contribution in [3.05, 3.63) is 23.3 Å². The van der Waals surface area contributed by atoms with E-state index in [1.165, 1.54) is 5.56 Å². The smallest absolute Gasteiger partial charge is 0.410 e. The van der Waals surface area contributed by atoms with Crippen molar-refractivity contribution in [3.63, 3.8) is 0 Å². The van der Waals surface area contributed by atoms with E-state index in [4.69, 9.17) is 14.2 Å². The van der Waals surface area contributed by atoms with Crippen LogP contribution in [0.3, 0.4) is 0 Å². The fraction of sp³-hybridized carbons (Fsp3) is 0.562. The van der Waals surface area contributed by atoms with E-state index >= 15 is 0 Å². The van der Waals surface area contributed by atoms with Crippen LogP contribution in [0.2, 0.25) is 0 Å². The first-order valence-electron chi connectivity index (χ1n) is 7.30. The van der Waals surface area contributed by atoms with Gasteiger partial charge in [-0.15, -0.1) is 0 Å². The van der Waals surface area contributed by atoms with Gasteiger partial charge in [-0.1, -0.05) is 6.92 Å². The average Bonchev–Trinajstić information content (AvgIpc) is 2.51. The van der Waals surface area contributed by atoms with Crippen LogP contribution in [-0.4, -0.2) is 38.4 Å². The second kappa shape index (κ2) is 6.70. The zero-order valence-electron chi connectivity index (χ0n) is 13.1. The van der Waals surface area contributed by atoms with Crippen LogP contribution in [0.5, 0.6) is 11.5 Å². The van der Waals surface area contributed by atoms with E-state index in [1.807, 2.05) is 26.0 Å². The Labute approximate surface area is 125 Å². The van der Waals surface area contributed by atoms with Gasteiger partial charge in [-0.2, -0.15) is 0 Å². The average molecular weight is 293 g/mol. The van der Waals surface area contributed by atoms with Gasteiger partial charge < -0.3 is 19.1 Å². The van der Waals surface area contributed by atoms with Gasteiger partial charge in [0.2, 0.25) is 0 Å². The fourth-order valence-corrected chi connectivity index (χ4v) is 2.67. The van der Waals surface area contributed by atoms with Crippen molar-refractivity contribution in [2.24, 2.45) is 0 Å². The molecule has 1 amide bonds. The molecule has 0 saturated heterocycles. The van der Waals surface area contributed by atoms with E-state index in [0.717, 1.165) is 24.2 Å². The molecule has 2 rings (SSSR count). The SMILES string of the molecule is CCCOC(=O)N1CCc2cc(OC)c(OC)cc2C1C. The lowest BCUT2D eigenvalue weighted by Crippen LogP contribution is -2.39. The van der Waals surface area contributed by atoms with Crippen molar-refractivity contribution in [1.29, 1.82) is 0 Å². The normalized spacial score (nSPS) is 17.1. The van der Waals surface area contributed by atoms with Crippen molar-refractivity contribution in [2.75, 3.05) is 27.4 Å². The van der Waals surface area contributed by atoms with Crippen molar-refractivity contribution in [3.8, 4) is 11.5 Å². The van der Waals surface area contributed by atoms with Crippen molar-refractivity contribution in [2.45, 2.75) is 32.7 Å². The highest BCUT2D eigenvalue weighted by atomic mass is 16.6. The molecule has 0 fully saturated rings. The Balaban J connectivity index is 2.26. The van der Waals surface area contributed by atoms with Gasteiger partial charge in [0.15, 0.2) is 11.5 Å². The number of fused-ring (bicyclic) bond motifs is 1. The maximum absolute atomic E-state index is 12.1. The lowest BCUT2D eigenvalue weighted by Gasteiger charge is -2.34. The quantitative estimate of drug-likeness (QED) is 0.855. The second-order valence-electron chi connectivity index (χ2n) is 5.14. The van der Waals surface area contributed by atoms with E-state index in [0.29, 0.717) is 18.9 Å². The van der Waals surface area contributed by atoms with Gasteiger partial charge in [-0.25, -0.2) is 4.79 Å². The molecule has 0 saturated carbocycles. The Morgan fingerprint density at radius 2 is 1.95 bits per heavy atom. The third kappa shape index (κ3) is 3.06. The number of benzene rings is 1. The summed E-state index contributed by atoms with van der Waals surface area (Å²) in [6, 6.07) is 3.93. The molecule has 21 heavy (non-hydrogen) atoms. The van der Waals surface area contributed by atoms with Crippen LogP contribution >= 0.6 is 0 Å². The standard InChI is InChI=1S/C16H23NO4/c1-5-8-21-16(18)17-7-6-12-9-14(19-3)15(20-4)10-13(12)11(17)2/h9-11H,5-8H2,1-4H3. The molecule has 1 aliphatic heterocycles. The lowest BCUT2D eigenvalue weighted by atomic mass is 9.93. The summed E-state index contributed by atoms with van der Waals surface area (Å²) in [5, 5.41) is 0. The molecule has 0 bridgehead atoms. The monoisotopic (exact) mass is 293 g/mol. The fourth-order valence-electron chi connectivity index (χ4n) is 2.67. The molecule has 0 radical (unpaired) electrons. The Bertz CT molecular complexity index is 515. The predicted octanol–water partition coefficient (Wildman–Crippen LogP) is 3.17. The first-order chi connectivity index (χ1) is 10.1. The Hall–Kier alpha value is -1.91. The minimum atomic E-state index is -0.246. The zero-order chi connectivity index (χ0) is 15.4. The summed E-state index contributed by atoms with van der Waals surface area (Å²) in [5.41, 5.74) is 2.28. The summed E-state index contributed by atoms with van der Waals surface area (Å²) in [7, 11) is 3.25. The van der Waals surface area contributed by atoms with E-state index < -0.39 is 0 Å². The first kappa shape index (κ1) is 15.5. The Morgan fingerprint density at radius 1 is 1.29 bits per heavy atom. The number of rotatable bonds is 4. The number of methoxy groups -OCH3 is 2. The van der Waals surface area contributed by atoms with Gasteiger partial charge in [0.1, 0.15) is 0 Å². The molecule has 1 heterocycles. The molecule has 1 aromatic carbocycles. The number of ether oxygens (including phenoxy) is 3. The molecule has 5 nitrogen and oxygen atoms in total. The molecule has 5 heteroatoms. The molecule has 1 aromatic rings. The molecular weight excluding hydrogens is 270 g/mol. The Kier molecular flexibility index (Phi) is 4.94. The van der Waals surface area contributed by atoms with Gasteiger partial charge in [0, 0.05) is 6.54 Å². The van der Waals surface area contributed by atoms with Gasteiger partial charge in [0.05, 0.1) is 26.9 Å². The minimum absolute atomic E-state index is 0.0297. The molecule has 1 unspecified atom stereocenters. The number of hydrogen-bond acceptors (Lipinski definition) is 4. The summed E-state index contributed by atoms with van der Waals surface area (Å²) in [4.78, 5) is 13.9. The number of carbonyl (C=O) groups is 1. The molecular formula is C16H23NO4. The number of carbonyl (C=O) groups excluding carboxylic acids is 1. The molecule has 0 aromatic heterocycles. The zero-order valence-corrected chi connectivity index (χ0v) is 13.1. The largest absolute Gasteiger partial charge is 0.493 e. The number of hydrogen-bond donors (Lipinski definition) is 0. The van der Waals surface area contributed by atoms with Crippen LogP contribution in [0.25, 0.3) is 0 Å². The topological polar surface area (TPSA) is 48.0 Å². The minimum Gasteiger partial charge on any atom is -0.493 e. The van der Waals surface area contributed by atoms with Gasteiger partial charge in [-0.3, -0.25) is 0 Å². The van der Waals surface area contributed by atoms with Crippen molar-refractivity contribution in [1.82, 2.24) is 4.90 Å². The molecule has 0 aliphatic carbocycles. The number of nitrogens with zero attached hydrogens (tertiary/aromatic N) is 1. The van der Waals surface area contributed by atoms with Crippen LogP contribution < -0.4 is 9.47 Å². The van der Waals surface area contributed by atoms with Crippen LogP contribution in [0.4, 0.5) is 4.79 Å². The lowest BCUT2D eigenvalue weighted by molar-refractivity contribution is 0.0859. The van der Waals surface area contributed by atoms with Crippen LogP contribution in [0.1, 0.15) is 37.4 Å². The third-order valence-electron chi connectivity index (χ3n) is 3.85. The van der Waals surface area contributed by atoms with Crippen LogP contribution in [0.15, 0.2) is 12.1 Å². The van der Waals surface area contributed by atoms with E-state index in [-0.39, 0.29) is 12.1 Å². The van der Waals surface area contributed by atoms with E-state index in [1.54, 1.807) is 19.1 Å². The van der Waals surface area contributed by atoms with Crippen molar-refractivity contribution >= 4 is 6.09 Å². The van der Waals surface area contributed by atoms with E-state index in [2.05, 4.69) is 0 Å². The highest BCUT2D eigenvalue weighted by molar-refractivity contribution is 5.69. The summed E-state index contributed by atoms with van der Waals surface area (Å²) in [5.74, 6) is 1.41. The maximum Gasteiger partial charge on any atom is 0.410 e. The van der Waals surface area contributed by atoms with Crippen molar-refractivity contribution < 1.29 is 19.0 Å². The summed E-state index contributed by atoms with van der Waals surface area (Å²) < 4.78 is 15.9. The molecule has 0 N–H and O–H groups in total. The third-order valence-corrected chi connectivity index (χ3v) is 3.85.